The molecule has 0 bridgehead atoms. The minimum atomic E-state index is -1.43. The molecule has 360 valence electrons. The first kappa shape index (κ1) is 47.0. The largest absolute Gasteiger partial charge is 0.480 e. The quantitative estimate of drug-likeness (QED) is 0.112. The van der Waals surface area contributed by atoms with Gasteiger partial charge in [0.1, 0.15) is 28.6 Å². The molecule has 0 radical (unpaired) electrons. The third-order valence-corrected chi connectivity index (χ3v) is 14.3. The van der Waals surface area contributed by atoms with Crippen LogP contribution in [0.4, 0.5) is 27.4 Å². The Kier molecular flexibility index (Phi) is 14.0. The minimum Gasteiger partial charge on any atom is -0.480 e. The van der Waals surface area contributed by atoms with Gasteiger partial charge in [-0.2, -0.15) is 0 Å². The van der Waals surface area contributed by atoms with E-state index in [0.717, 1.165) is 121 Å². The molecule has 0 spiro atoms. The molecule has 2 saturated carbocycles. The minimum absolute atomic E-state index is 0.0700. The van der Waals surface area contributed by atoms with Crippen LogP contribution >= 0.6 is 0 Å². The van der Waals surface area contributed by atoms with E-state index in [-0.39, 0.29) is 25.0 Å². The van der Waals surface area contributed by atoms with E-state index in [4.69, 9.17) is 24.4 Å². The lowest BCUT2D eigenvalue weighted by Gasteiger charge is -2.37. The van der Waals surface area contributed by atoms with Crippen molar-refractivity contribution in [1.82, 2.24) is 39.9 Å². The fourth-order valence-corrected chi connectivity index (χ4v) is 9.85. The van der Waals surface area contributed by atoms with Crippen LogP contribution in [0.5, 0.6) is 11.8 Å². The van der Waals surface area contributed by atoms with Gasteiger partial charge in [-0.05, 0) is 101 Å². The van der Waals surface area contributed by atoms with Gasteiger partial charge < -0.3 is 44.4 Å². The summed E-state index contributed by atoms with van der Waals surface area (Å²) in [6.07, 6.45) is 14.5. The fraction of sp³-hybridized carbons (Fsp3) is 0.520. The highest BCUT2D eigenvalue weighted by atomic mass is 19.1. The molecule has 10 rings (SSSR count). The maximum absolute atomic E-state index is 15.4. The lowest BCUT2D eigenvalue weighted by molar-refractivity contribution is -0.0463. The van der Waals surface area contributed by atoms with E-state index in [0.29, 0.717) is 62.2 Å². The summed E-state index contributed by atoms with van der Waals surface area (Å²) in [5.74, 6) is 4.17. The standard InChI is InChI=1S/C25H31FN6O2.C25H32N6O3/c1-31(14-15-33)18-4-5-20-19(16-18)22(30-24(29-20)25(26)8-3-9-25)32-12-6-17(7-13-32)21-23(34-2)28-11-10-27-21;1-30(14-15-32)18-4-5-20-19(16-18)22(29-24(28-20)25(33)8-3-9-25)31-12-6-17(7-13-31)21-23(34-2)27-11-10-26-21/h4-5,10-11,16-17,33H,3,6-9,12-15H2,1-2H3;4-5,10-11,16-17,32-33H,3,6-9,12-15H2,1-2H3. The second kappa shape index (κ2) is 20.2. The van der Waals surface area contributed by atoms with Crippen molar-refractivity contribution in [2.24, 2.45) is 0 Å². The van der Waals surface area contributed by atoms with Crippen molar-refractivity contribution in [3.8, 4) is 11.8 Å². The van der Waals surface area contributed by atoms with Crippen LogP contribution in [0.1, 0.15) is 99.1 Å². The number of aliphatic hydroxyl groups is 3. The van der Waals surface area contributed by atoms with Gasteiger partial charge in [0.15, 0.2) is 17.3 Å². The summed E-state index contributed by atoms with van der Waals surface area (Å²) in [5, 5.41) is 31.6. The topological polar surface area (TPSA) is 195 Å². The van der Waals surface area contributed by atoms with Crippen LogP contribution in [-0.2, 0) is 11.3 Å². The summed E-state index contributed by atoms with van der Waals surface area (Å²) in [6.45, 7) is 4.39. The summed E-state index contributed by atoms with van der Waals surface area (Å²) >= 11 is 0. The number of likely N-dealkylation sites (N-methyl/N-ethyl adjacent to an activating group) is 2. The van der Waals surface area contributed by atoms with Gasteiger partial charge in [-0.3, -0.25) is 9.97 Å². The number of benzene rings is 2. The zero-order valence-electron chi connectivity index (χ0n) is 39.6. The number of aliphatic hydroxyl groups excluding tert-OH is 2. The fourth-order valence-electron chi connectivity index (χ4n) is 9.85. The van der Waals surface area contributed by atoms with Crippen LogP contribution in [0.15, 0.2) is 61.2 Å². The number of halogens is 1. The monoisotopic (exact) mass is 931 g/mol. The maximum atomic E-state index is 15.4. The van der Waals surface area contributed by atoms with Crippen LogP contribution in [0.2, 0.25) is 0 Å². The molecule has 18 heteroatoms. The summed E-state index contributed by atoms with van der Waals surface area (Å²) in [6, 6.07) is 12.0. The molecule has 17 nitrogen and oxygen atoms in total. The van der Waals surface area contributed by atoms with Gasteiger partial charge >= 0.3 is 0 Å². The normalized spacial score (nSPS) is 18.1. The second-order valence-corrected chi connectivity index (χ2v) is 18.6. The average Bonchev–Trinajstić information content (AvgIpc) is 3.36. The molecule has 2 aromatic carbocycles. The Labute approximate surface area is 396 Å². The number of piperidine rings is 2. The Bertz CT molecular complexity index is 2510. The van der Waals surface area contributed by atoms with Crippen LogP contribution in [0.3, 0.4) is 0 Å². The van der Waals surface area contributed by atoms with Crippen LogP contribution in [0, 0.1) is 0 Å². The number of anilines is 4. The number of rotatable bonds is 14. The molecule has 6 aromatic rings. The van der Waals surface area contributed by atoms with Gasteiger partial charge in [-0.15, -0.1) is 0 Å². The molecule has 0 atom stereocenters. The van der Waals surface area contributed by atoms with Gasteiger partial charge in [0.2, 0.25) is 11.8 Å². The summed E-state index contributed by atoms with van der Waals surface area (Å²) in [4.78, 5) is 45.4. The average molecular weight is 931 g/mol. The zero-order valence-corrected chi connectivity index (χ0v) is 39.6. The number of fused-ring (bicyclic) bond motifs is 2. The third-order valence-electron chi connectivity index (χ3n) is 14.3. The van der Waals surface area contributed by atoms with E-state index in [1.165, 1.54) is 0 Å². The molecule has 68 heavy (non-hydrogen) atoms. The van der Waals surface area contributed by atoms with E-state index in [1.807, 2.05) is 54.2 Å². The molecule has 2 saturated heterocycles. The highest BCUT2D eigenvalue weighted by Gasteiger charge is 2.43. The van der Waals surface area contributed by atoms with Crippen molar-refractivity contribution in [3.63, 3.8) is 0 Å². The highest BCUT2D eigenvalue weighted by molar-refractivity contribution is 5.93. The van der Waals surface area contributed by atoms with E-state index >= 15 is 4.39 Å². The zero-order chi connectivity index (χ0) is 47.4. The molecule has 4 fully saturated rings. The Balaban J connectivity index is 0.000000170. The van der Waals surface area contributed by atoms with Crippen molar-refractivity contribution >= 4 is 44.8 Å². The number of hydrogen-bond acceptors (Lipinski definition) is 17. The smallest absolute Gasteiger partial charge is 0.235 e. The van der Waals surface area contributed by atoms with Gasteiger partial charge in [0.25, 0.3) is 0 Å². The van der Waals surface area contributed by atoms with E-state index in [9.17, 15) is 15.3 Å². The van der Waals surface area contributed by atoms with Crippen LogP contribution < -0.4 is 29.1 Å². The number of nitrogens with zero attached hydrogens (tertiary/aromatic N) is 12. The Morgan fingerprint density at radius 3 is 1.44 bits per heavy atom. The molecule has 2 aliphatic carbocycles. The molecule has 3 N–H and O–H groups in total. The number of alkyl halides is 1. The van der Waals surface area contributed by atoms with Crippen molar-refractivity contribution < 1.29 is 29.2 Å². The molecule has 0 amide bonds. The Hall–Kier alpha value is -6.11. The molecule has 4 aromatic heterocycles. The first-order chi connectivity index (χ1) is 33.0. The third kappa shape index (κ3) is 9.50. The predicted molar refractivity (Wildman–Crippen MR) is 260 cm³/mol. The summed E-state index contributed by atoms with van der Waals surface area (Å²) in [7, 11) is 7.16. The molecular formula is C50H63FN12O5. The van der Waals surface area contributed by atoms with Crippen LogP contribution in [-0.4, -0.2) is 136 Å². The lowest BCUT2D eigenvalue weighted by atomic mass is 9.79. The molecular weight excluding hydrogens is 868 g/mol. The summed E-state index contributed by atoms with van der Waals surface area (Å²) < 4.78 is 26.2. The van der Waals surface area contributed by atoms with Crippen molar-refractivity contribution in [3.05, 3.63) is 84.2 Å². The second-order valence-electron chi connectivity index (χ2n) is 18.6. The SMILES string of the molecule is COc1nccnc1C1CCN(c2nc(C3(F)CCC3)nc3ccc(N(C)CCO)cc23)CC1.COc1nccnc1C1CCN(c2nc(C3(O)CCC3)nc3ccc(N(C)CCO)cc23)CC1. The van der Waals surface area contributed by atoms with Gasteiger partial charge in [0.05, 0.1) is 38.5 Å². The highest BCUT2D eigenvalue weighted by Crippen LogP contribution is 2.46. The van der Waals surface area contributed by atoms with Gasteiger partial charge in [-0.25, -0.2) is 34.3 Å². The Morgan fingerprint density at radius 1 is 0.618 bits per heavy atom. The molecule has 6 heterocycles. The predicted octanol–water partition coefficient (Wildman–Crippen LogP) is 6.20. The van der Waals surface area contributed by atoms with Gasteiger partial charge in [0, 0.05) is 112 Å². The molecule has 2 aliphatic heterocycles. The van der Waals surface area contributed by atoms with E-state index < -0.39 is 11.3 Å². The number of methoxy groups -OCH3 is 2. The lowest BCUT2D eigenvalue weighted by Crippen LogP contribution is -2.38. The number of hydrogen-bond donors (Lipinski definition) is 3. The molecule has 4 aliphatic rings. The van der Waals surface area contributed by atoms with Crippen LogP contribution in [0.25, 0.3) is 21.8 Å². The number of aromatic nitrogens is 8. The van der Waals surface area contributed by atoms with E-state index in [1.54, 1.807) is 39.0 Å². The first-order valence-corrected chi connectivity index (χ1v) is 23.9. The summed E-state index contributed by atoms with van der Waals surface area (Å²) in [5.41, 5.74) is 3.00. The van der Waals surface area contributed by atoms with Crippen molar-refractivity contribution in [2.75, 3.05) is 100 Å². The maximum Gasteiger partial charge on any atom is 0.235 e. The Morgan fingerprint density at radius 2 is 1.04 bits per heavy atom. The number of ether oxygens (including phenoxy) is 2. The first-order valence-electron chi connectivity index (χ1n) is 23.9. The van der Waals surface area contributed by atoms with Crippen molar-refractivity contribution in [2.45, 2.75) is 87.3 Å². The van der Waals surface area contributed by atoms with Gasteiger partial charge in [-0.1, -0.05) is 0 Å². The molecule has 0 unspecified atom stereocenters. The van der Waals surface area contributed by atoms with Crippen molar-refractivity contribution in [1.29, 1.82) is 0 Å². The van der Waals surface area contributed by atoms with E-state index in [2.05, 4.69) is 40.8 Å².